The standard InChI is InChI=1S/C9H4BrN3S/c10-6-3-8(14-5-6)9-12-2-1-7(4-11)13-9/h1-3,5H. The van der Waals surface area contributed by atoms with Gasteiger partial charge in [-0.15, -0.1) is 11.3 Å². The van der Waals surface area contributed by atoms with Crippen LogP contribution in [0, 0.1) is 11.3 Å². The van der Waals surface area contributed by atoms with Crippen molar-refractivity contribution in [2.75, 3.05) is 0 Å². The van der Waals surface area contributed by atoms with Crippen LogP contribution in [0.5, 0.6) is 0 Å². The van der Waals surface area contributed by atoms with E-state index in [-0.39, 0.29) is 0 Å². The molecule has 0 N–H and O–H groups in total. The summed E-state index contributed by atoms with van der Waals surface area (Å²) in [5.41, 5.74) is 0.388. The van der Waals surface area contributed by atoms with Gasteiger partial charge < -0.3 is 0 Å². The van der Waals surface area contributed by atoms with Crippen molar-refractivity contribution in [2.45, 2.75) is 0 Å². The normalized spacial score (nSPS) is 9.71. The predicted molar refractivity (Wildman–Crippen MR) is 57.8 cm³/mol. The highest BCUT2D eigenvalue weighted by molar-refractivity contribution is 9.10. The number of thiophene rings is 1. The van der Waals surface area contributed by atoms with Crippen molar-refractivity contribution >= 4 is 27.3 Å². The van der Waals surface area contributed by atoms with Crippen LogP contribution in [0.4, 0.5) is 0 Å². The molecule has 2 aromatic rings. The van der Waals surface area contributed by atoms with Gasteiger partial charge in [0.2, 0.25) is 0 Å². The number of hydrogen-bond donors (Lipinski definition) is 0. The van der Waals surface area contributed by atoms with Crippen molar-refractivity contribution < 1.29 is 0 Å². The predicted octanol–water partition coefficient (Wildman–Crippen LogP) is 2.84. The second-order valence-electron chi connectivity index (χ2n) is 2.51. The third kappa shape index (κ3) is 1.81. The summed E-state index contributed by atoms with van der Waals surface area (Å²) in [5.74, 6) is 0.597. The van der Waals surface area contributed by atoms with Crippen molar-refractivity contribution in [2.24, 2.45) is 0 Å². The maximum atomic E-state index is 8.67. The summed E-state index contributed by atoms with van der Waals surface area (Å²) in [6.45, 7) is 0. The minimum atomic E-state index is 0.388. The van der Waals surface area contributed by atoms with Crippen LogP contribution in [0.2, 0.25) is 0 Å². The smallest absolute Gasteiger partial charge is 0.170 e. The van der Waals surface area contributed by atoms with Gasteiger partial charge in [-0.2, -0.15) is 5.26 Å². The van der Waals surface area contributed by atoms with Crippen molar-refractivity contribution in [1.82, 2.24) is 9.97 Å². The first-order chi connectivity index (χ1) is 6.79. The first-order valence-corrected chi connectivity index (χ1v) is 5.44. The van der Waals surface area contributed by atoms with Gasteiger partial charge >= 0.3 is 0 Å². The van der Waals surface area contributed by atoms with Crippen LogP contribution in [0.1, 0.15) is 5.69 Å². The van der Waals surface area contributed by atoms with Gasteiger partial charge in [0.1, 0.15) is 11.8 Å². The highest BCUT2D eigenvalue weighted by Crippen LogP contribution is 2.27. The molecule has 0 amide bonds. The number of nitriles is 1. The molecule has 0 aromatic carbocycles. The Balaban J connectivity index is 2.47. The molecule has 2 aromatic heterocycles. The molecule has 2 heterocycles. The molecule has 0 aliphatic carbocycles. The fourth-order valence-corrected chi connectivity index (χ4v) is 2.34. The molecule has 0 unspecified atom stereocenters. The Hall–Kier alpha value is -1.25. The molecule has 0 aliphatic rings. The lowest BCUT2D eigenvalue weighted by Gasteiger charge is -1.94. The van der Waals surface area contributed by atoms with E-state index < -0.39 is 0 Å². The fourth-order valence-electron chi connectivity index (χ4n) is 0.970. The Kier molecular flexibility index (Phi) is 2.57. The molecule has 3 nitrogen and oxygen atoms in total. The zero-order chi connectivity index (χ0) is 9.97. The van der Waals surface area contributed by atoms with Crippen LogP contribution < -0.4 is 0 Å². The summed E-state index contributed by atoms with van der Waals surface area (Å²) in [7, 11) is 0. The molecular weight excluding hydrogens is 262 g/mol. The Morgan fingerprint density at radius 2 is 2.36 bits per heavy atom. The summed E-state index contributed by atoms with van der Waals surface area (Å²) in [4.78, 5) is 9.14. The molecule has 0 bridgehead atoms. The summed E-state index contributed by atoms with van der Waals surface area (Å²) in [5, 5.41) is 10.6. The lowest BCUT2D eigenvalue weighted by molar-refractivity contribution is 1.16. The second-order valence-corrected chi connectivity index (χ2v) is 4.33. The van der Waals surface area contributed by atoms with Crippen molar-refractivity contribution in [3.8, 4) is 16.8 Å². The molecule has 0 saturated heterocycles. The first-order valence-electron chi connectivity index (χ1n) is 3.77. The molecule has 0 atom stereocenters. The van der Waals surface area contributed by atoms with Gasteiger partial charge in [0.15, 0.2) is 5.82 Å². The largest absolute Gasteiger partial charge is 0.236 e. The van der Waals surface area contributed by atoms with E-state index in [0.29, 0.717) is 11.5 Å². The Morgan fingerprint density at radius 1 is 1.50 bits per heavy atom. The number of aromatic nitrogens is 2. The maximum Gasteiger partial charge on any atom is 0.170 e. The third-order valence-corrected chi connectivity index (χ3v) is 3.25. The number of nitrogens with zero attached hydrogens (tertiary/aromatic N) is 3. The van der Waals surface area contributed by atoms with E-state index in [9.17, 15) is 0 Å². The highest BCUT2D eigenvalue weighted by Gasteiger charge is 2.04. The Labute approximate surface area is 93.2 Å². The molecule has 68 valence electrons. The summed E-state index contributed by atoms with van der Waals surface area (Å²) in [6, 6.07) is 5.51. The van der Waals surface area contributed by atoms with Gasteiger partial charge in [-0.3, -0.25) is 0 Å². The molecule has 14 heavy (non-hydrogen) atoms. The van der Waals surface area contributed by atoms with Gasteiger partial charge in [-0.05, 0) is 28.1 Å². The summed E-state index contributed by atoms with van der Waals surface area (Å²) >= 11 is 4.90. The quantitative estimate of drug-likeness (QED) is 0.797. The summed E-state index contributed by atoms with van der Waals surface area (Å²) < 4.78 is 1.00. The van der Waals surface area contributed by atoms with Gasteiger partial charge in [0, 0.05) is 16.0 Å². The van der Waals surface area contributed by atoms with Crippen molar-refractivity contribution in [1.29, 1.82) is 5.26 Å². The van der Waals surface area contributed by atoms with Crippen LogP contribution in [0.25, 0.3) is 10.7 Å². The number of rotatable bonds is 1. The average Bonchev–Trinajstić information content (AvgIpc) is 2.65. The van der Waals surface area contributed by atoms with Crippen molar-refractivity contribution in [3.63, 3.8) is 0 Å². The minimum Gasteiger partial charge on any atom is -0.236 e. The number of halogens is 1. The SMILES string of the molecule is N#Cc1ccnc(-c2cc(Br)cs2)n1. The minimum absolute atomic E-state index is 0.388. The Morgan fingerprint density at radius 3 is 3.00 bits per heavy atom. The zero-order valence-electron chi connectivity index (χ0n) is 6.94. The molecule has 2 rings (SSSR count). The molecule has 0 saturated carbocycles. The first kappa shape index (κ1) is 9.31. The molecule has 0 fully saturated rings. The van der Waals surface area contributed by atoms with Gasteiger partial charge in [-0.1, -0.05) is 0 Å². The molecule has 5 heteroatoms. The molecule has 0 spiro atoms. The maximum absolute atomic E-state index is 8.67. The zero-order valence-corrected chi connectivity index (χ0v) is 9.34. The van der Waals surface area contributed by atoms with E-state index in [1.54, 1.807) is 23.6 Å². The fraction of sp³-hybridized carbons (Fsp3) is 0. The third-order valence-electron chi connectivity index (χ3n) is 1.56. The van der Waals surface area contributed by atoms with Crippen LogP contribution in [0.3, 0.4) is 0 Å². The second kappa shape index (κ2) is 3.86. The van der Waals surface area contributed by atoms with Crippen LogP contribution in [-0.4, -0.2) is 9.97 Å². The van der Waals surface area contributed by atoms with Gasteiger partial charge in [0.25, 0.3) is 0 Å². The lowest BCUT2D eigenvalue weighted by Crippen LogP contribution is -1.88. The average molecular weight is 266 g/mol. The van der Waals surface area contributed by atoms with Gasteiger partial charge in [-0.25, -0.2) is 9.97 Å². The molecular formula is C9H4BrN3S. The van der Waals surface area contributed by atoms with E-state index in [0.717, 1.165) is 9.35 Å². The monoisotopic (exact) mass is 265 g/mol. The van der Waals surface area contributed by atoms with E-state index >= 15 is 0 Å². The van der Waals surface area contributed by atoms with E-state index in [4.69, 9.17) is 5.26 Å². The number of hydrogen-bond acceptors (Lipinski definition) is 4. The lowest BCUT2D eigenvalue weighted by atomic mass is 10.4. The molecule has 0 radical (unpaired) electrons. The van der Waals surface area contributed by atoms with E-state index in [1.165, 1.54) is 0 Å². The van der Waals surface area contributed by atoms with Crippen molar-refractivity contribution in [3.05, 3.63) is 33.9 Å². The summed E-state index contributed by atoms with van der Waals surface area (Å²) in [6.07, 6.45) is 1.59. The van der Waals surface area contributed by atoms with Crippen LogP contribution in [0.15, 0.2) is 28.2 Å². The van der Waals surface area contributed by atoms with Crippen LogP contribution in [-0.2, 0) is 0 Å². The van der Waals surface area contributed by atoms with Crippen LogP contribution >= 0.6 is 27.3 Å². The van der Waals surface area contributed by atoms with E-state index in [1.807, 2.05) is 17.5 Å². The topological polar surface area (TPSA) is 49.6 Å². The highest BCUT2D eigenvalue weighted by atomic mass is 79.9. The van der Waals surface area contributed by atoms with Gasteiger partial charge in [0.05, 0.1) is 4.88 Å². The molecule has 0 aliphatic heterocycles. The Bertz CT molecular complexity index is 501. The van der Waals surface area contributed by atoms with E-state index in [2.05, 4.69) is 25.9 Å².